The molecule has 0 fully saturated rings. The van der Waals surface area contributed by atoms with Gasteiger partial charge in [0.05, 0.1) is 0 Å². The predicted octanol–water partition coefficient (Wildman–Crippen LogP) is 3.05. The molecule has 24 heavy (non-hydrogen) atoms. The SMILES string of the molecule is Cc1cc(C)cc(OCCN(C)CC(O)COc2ccccc2)c1. The molecule has 4 nitrogen and oxygen atoms in total. The lowest BCUT2D eigenvalue weighted by Crippen LogP contribution is -2.35. The summed E-state index contributed by atoms with van der Waals surface area (Å²) in [5.74, 6) is 1.67. The first-order chi connectivity index (χ1) is 11.5. The zero-order valence-corrected chi connectivity index (χ0v) is 14.7. The highest BCUT2D eigenvalue weighted by Crippen LogP contribution is 2.16. The first-order valence-corrected chi connectivity index (χ1v) is 8.28. The molecule has 1 atom stereocenters. The molecular weight excluding hydrogens is 302 g/mol. The van der Waals surface area contributed by atoms with Crippen LogP contribution in [0.2, 0.25) is 0 Å². The average molecular weight is 329 g/mol. The van der Waals surface area contributed by atoms with Gasteiger partial charge in [-0.25, -0.2) is 0 Å². The third-order valence-corrected chi connectivity index (χ3v) is 3.64. The Morgan fingerprint density at radius 2 is 1.62 bits per heavy atom. The van der Waals surface area contributed by atoms with Crippen LogP contribution < -0.4 is 9.47 Å². The van der Waals surface area contributed by atoms with Crippen LogP contribution in [0.3, 0.4) is 0 Å². The van der Waals surface area contributed by atoms with Gasteiger partial charge in [0.1, 0.15) is 30.8 Å². The van der Waals surface area contributed by atoms with Gasteiger partial charge in [-0.15, -0.1) is 0 Å². The number of rotatable bonds is 9. The van der Waals surface area contributed by atoms with Gasteiger partial charge in [-0.3, -0.25) is 0 Å². The molecule has 0 bridgehead atoms. The van der Waals surface area contributed by atoms with Gasteiger partial charge >= 0.3 is 0 Å². The zero-order valence-electron chi connectivity index (χ0n) is 14.7. The first kappa shape index (κ1) is 18.3. The van der Waals surface area contributed by atoms with Gasteiger partial charge < -0.3 is 19.5 Å². The molecule has 2 rings (SSSR count). The molecule has 0 radical (unpaired) electrons. The molecule has 0 aliphatic heterocycles. The highest BCUT2D eigenvalue weighted by Gasteiger charge is 2.09. The molecule has 0 spiro atoms. The Hall–Kier alpha value is -2.04. The summed E-state index contributed by atoms with van der Waals surface area (Å²) >= 11 is 0. The minimum absolute atomic E-state index is 0.284. The van der Waals surface area contributed by atoms with E-state index in [4.69, 9.17) is 9.47 Å². The van der Waals surface area contributed by atoms with E-state index in [0.29, 0.717) is 13.2 Å². The maximum Gasteiger partial charge on any atom is 0.119 e. The van der Waals surface area contributed by atoms with Crippen molar-refractivity contribution in [3.63, 3.8) is 0 Å². The highest BCUT2D eigenvalue weighted by molar-refractivity contribution is 5.32. The second-order valence-electron chi connectivity index (χ2n) is 6.21. The highest BCUT2D eigenvalue weighted by atomic mass is 16.5. The summed E-state index contributed by atoms with van der Waals surface area (Å²) in [4.78, 5) is 2.04. The first-order valence-electron chi connectivity index (χ1n) is 8.28. The quantitative estimate of drug-likeness (QED) is 0.768. The van der Waals surface area contributed by atoms with E-state index >= 15 is 0 Å². The van der Waals surface area contributed by atoms with Crippen molar-refractivity contribution in [2.75, 3.05) is 33.4 Å². The molecule has 4 heteroatoms. The summed E-state index contributed by atoms with van der Waals surface area (Å²) in [6, 6.07) is 15.7. The van der Waals surface area contributed by atoms with Gasteiger partial charge in [0, 0.05) is 13.1 Å². The molecule has 2 aromatic carbocycles. The van der Waals surface area contributed by atoms with Crippen LogP contribution in [0.5, 0.6) is 11.5 Å². The molecule has 0 aliphatic carbocycles. The largest absolute Gasteiger partial charge is 0.492 e. The zero-order chi connectivity index (χ0) is 17.4. The van der Waals surface area contributed by atoms with Crippen LogP contribution in [0, 0.1) is 13.8 Å². The van der Waals surface area contributed by atoms with Crippen molar-refractivity contribution in [2.24, 2.45) is 0 Å². The standard InChI is InChI=1S/C20H27NO3/c1-16-11-17(2)13-20(12-16)23-10-9-21(3)14-18(22)15-24-19-7-5-4-6-8-19/h4-8,11-13,18,22H,9-10,14-15H2,1-3H3. The van der Waals surface area contributed by atoms with Crippen LogP contribution in [0.4, 0.5) is 0 Å². The summed E-state index contributed by atoms with van der Waals surface area (Å²) in [5, 5.41) is 10.1. The maximum absolute atomic E-state index is 10.1. The van der Waals surface area contributed by atoms with E-state index in [1.165, 1.54) is 11.1 Å². The van der Waals surface area contributed by atoms with E-state index < -0.39 is 6.10 Å². The number of benzene rings is 2. The topological polar surface area (TPSA) is 41.9 Å². The Balaban J connectivity index is 1.66. The molecule has 0 amide bonds. The molecule has 1 N–H and O–H groups in total. The fourth-order valence-electron chi connectivity index (χ4n) is 2.55. The van der Waals surface area contributed by atoms with E-state index in [0.717, 1.165) is 18.0 Å². The molecule has 0 saturated heterocycles. The molecule has 0 aromatic heterocycles. The van der Waals surface area contributed by atoms with Gasteiger partial charge in [-0.1, -0.05) is 24.3 Å². The van der Waals surface area contributed by atoms with Crippen molar-refractivity contribution >= 4 is 0 Å². The fourth-order valence-corrected chi connectivity index (χ4v) is 2.55. The summed E-state index contributed by atoms with van der Waals surface area (Å²) in [5.41, 5.74) is 2.40. The molecule has 0 saturated carbocycles. The molecule has 1 unspecified atom stereocenters. The van der Waals surface area contributed by atoms with E-state index in [2.05, 4.69) is 19.9 Å². The molecule has 2 aromatic rings. The number of para-hydroxylation sites is 1. The van der Waals surface area contributed by atoms with Crippen molar-refractivity contribution in [1.29, 1.82) is 0 Å². The fraction of sp³-hybridized carbons (Fsp3) is 0.400. The van der Waals surface area contributed by atoms with Crippen molar-refractivity contribution in [3.05, 3.63) is 59.7 Å². The Bertz CT molecular complexity index is 595. The van der Waals surface area contributed by atoms with E-state index in [1.807, 2.05) is 54.4 Å². The Labute approximate surface area is 144 Å². The van der Waals surface area contributed by atoms with Crippen LogP contribution in [-0.4, -0.2) is 49.5 Å². The van der Waals surface area contributed by atoms with Crippen molar-refractivity contribution in [1.82, 2.24) is 4.90 Å². The monoisotopic (exact) mass is 329 g/mol. The Kier molecular flexibility index (Phi) is 7.09. The Morgan fingerprint density at radius 3 is 2.29 bits per heavy atom. The maximum atomic E-state index is 10.1. The number of likely N-dealkylation sites (N-methyl/N-ethyl adjacent to an activating group) is 1. The van der Waals surface area contributed by atoms with E-state index in [1.54, 1.807) is 0 Å². The van der Waals surface area contributed by atoms with Crippen LogP contribution in [0.15, 0.2) is 48.5 Å². The number of hydrogen-bond donors (Lipinski definition) is 1. The predicted molar refractivity (Wildman–Crippen MR) is 96.9 cm³/mol. The summed E-state index contributed by atoms with van der Waals surface area (Å²) < 4.78 is 11.4. The Morgan fingerprint density at radius 1 is 0.958 bits per heavy atom. The normalized spacial score (nSPS) is 12.2. The third-order valence-electron chi connectivity index (χ3n) is 3.64. The molecule has 0 aliphatic rings. The van der Waals surface area contributed by atoms with E-state index in [-0.39, 0.29) is 6.61 Å². The summed E-state index contributed by atoms with van der Waals surface area (Å²) in [7, 11) is 1.97. The molecule has 0 heterocycles. The van der Waals surface area contributed by atoms with Gasteiger partial charge in [0.2, 0.25) is 0 Å². The molecule has 130 valence electrons. The average Bonchev–Trinajstić information content (AvgIpc) is 2.53. The number of aliphatic hydroxyl groups excluding tert-OH is 1. The van der Waals surface area contributed by atoms with Crippen LogP contribution in [0.25, 0.3) is 0 Å². The van der Waals surface area contributed by atoms with E-state index in [9.17, 15) is 5.11 Å². The smallest absolute Gasteiger partial charge is 0.119 e. The minimum atomic E-state index is -0.531. The minimum Gasteiger partial charge on any atom is -0.492 e. The second kappa shape index (κ2) is 9.30. The number of aryl methyl sites for hydroxylation is 2. The van der Waals surface area contributed by atoms with Crippen molar-refractivity contribution < 1.29 is 14.6 Å². The van der Waals surface area contributed by atoms with Gasteiger partial charge in [0.25, 0.3) is 0 Å². The number of aliphatic hydroxyl groups is 1. The number of ether oxygens (including phenoxy) is 2. The van der Waals surface area contributed by atoms with Crippen LogP contribution in [-0.2, 0) is 0 Å². The van der Waals surface area contributed by atoms with Crippen LogP contribution >= 0.6 is 0 Å². The van der Waals surface area contributed by atoms with Crippen molar-refractivity contribution in [3.8, 4) is 11.5 Å². The van der Waals surface area contributed by atoms with Gasteiger partial charge in [-0.2, -0.15) is 0 Å². The van der Waals surface area contributed by atoms with Gasteiger partial charge in [0.15, 0.2) is 0 Å². The summed E-state index contributed by atoms with van der Waals surface area (Å²) in [6.45, 7) is 6.29. The lowest BCUT2D eigenvalue weighted by molar-refractivity contribution is 0.0723. The lowest BCUT2D eigenvalue weighted by atomic mass is 10.1. The number of hydrogen-bond acceptors (Lipinski definition) is 4. The molecular formula is C20H27NO3. The van der Waals surface area contributed by atoms with Crippen LogP contribution in [0.1, 0.15) is 11.1 Å². The van der Waals surface area contributed by atoms with Gasteiger partial charge in [-0.05, 0) is 56.3 Å². The summed E-state index contributed by atoms with van der Waals surface area (Å²) in [6.07, 6.45) is -0.531. The second-order valence-corrected chi connectivity index (χ2v) is 6.21. The van der Waals surface area contributed by atoms with Crippen molar-refractivity contribution in [2.45, 2.75) is 20.0 Å². The number of nitrogens with zero attached hydrogens (tertiary/aromatic N) is 1. The lowest BCUT2D eigenvalue weighted by Gasteiger charge is -2.21. The third kappa shape index (κ3) is 6.60.